The number of imide groups is 2. The van der Waals surface area contributed by atoms with Crippen LogP contribution in [-0.4, -0.2) is 213 Å². The zero-order valence-corrected chi connectivity index (χ0v) is 66.8. The van der Waals surface area contributed by atoms with Crippen molar-refractivity contribution in [2.75, 3.05) is 107 Å². The van der Waals surface area contributed by atoms with Crippen LogP contribution in [0.15, 0.2) is 206 Å². The average Bonchev–Trinajstić information content (AvgIpc) is 1.71. The Bertz CT molecular complexity index is 4920. The number of alkyl halides is 1. The van der Waals surface area contributed by atoms with Crippen molar-refractivity contribution in [2.45, 2.75) is 12.8 Å². The zero-order valence-electron chi connectivity index (χ0n) is 64.5. The van der Waals surface area contributed by atoms with Gasteiger partial charge in [0.2, 0.25) is 0 Å². The number of fused-ring (bicyclic) bond motifs is 2. The van der Waals surface area contributed by atoms with Crippen LogP contribution in [0, 0.1) is 11.8 Å². The van der Waals surface area contributed by atoms with E-state index in [0.29, 0.717) is 110 Å². The Morgan fingerprint density at radius 2 is 0.744 bits per heavy atom. The molecule has 2 aliphatic heterocycles. The first-order valence-electron chi connectivity index (χ1n) is 35.3. The molecule has 0 aromatic heterocycles. The van der Waals surface area contributed by atoms with Crippen LogP contribution in [0.4, 0.5) is 28.4 Å². The first kappa shape index (κ1) is 97.3. The largest absolute Gasteiger partial charge is 0.497 e. The number of carboxylic acid groups (broad SMARTS) is 2. The number of nitrogens with one attached hydrogen (secondary N) is 4. The van der Waals surface area contributed by atoms with Gasteiger partial charge in [-0.25, -0.2) is 0 Å². The third-order valence-corrected chi connectivity index (χ3v) is 18.3. The first-order chi connectivity index (χ1) is 55.6. The summed E-state index contributed by atoms with van der Waals surface area (Å²) >= 11 is 9.32. The van der Waals surface area contributed by atoms with Crippen molar-refractivity contribution in [3.8, 4) is 23.0 Å². The van der Waals surface area contributed by atoms with E-state index in [0.717, 1.165) is 80.2 Å². The molecule has 0 saturated heterocycles. The molecule has 10 aromatic carbocycles. The van der Waals surface area contributed by atoms with Crippen LogP contribution >= 0.6 is 27.5 Å². The van der Waals surface area contributed by atoms with Crippen LogP contribution in [-0.2, 0) is 9.59 Å². The number of benzene rings is 10. The Morgan fingerprint density at radius 3 is 1.10 bits per heavy atom. The molecule has 15 radical (unpaired) electrons. The molecule has 0 spiro atoms. The van der Waals surface area contributed by atoms with Crippen LogP contribution in [0.3, 0.4) is 0 Å². The minimum absolute atomic E-state index is 0. The maximum absolute atomic E-state index is 12.7. The molecule has 10 aromatic rings. The number of halogens is 2. The molecule has 4 amide bonds. The van der Waals surface area contributed by atoms with Gasteiger partial charge in [0.1, 0.15) is 36.1 Å². The van der Waals surface area contributed by atoms with Crippen LogP contribution in [0.5, 0.6) is 23.0 Å². The Labute approximate surface area is 701 Å². The second kappa shape index (κ2) is 49.6. The van der Waals surface area contributed by atoms with Gasteiger partial charge in [-0.15, -0.1) is 0 Å². The molecule has 4 aliphatic rings. The van der Waals surface area contributed by atoms with E-state index in [9.17, 15) is 47.9 Å². The third-order valence-electron chi connectivity index (χ3n) is 17.5. The van der Waals surface area contributed by atoms with E-state index in [-0.39, 0.29) is 40.0 Å². The number of anilines is 5. The minimum Gasteiger partial charge on any atom is -0.497 e. The van der Waals surface area contributed by atoms with Gasteiger partial charge in [0.25, 0.3) is 23.6 Å². The van der Waals surface area contributed by atoms with Gasteiger partial charge in [-0.3, -0.25) is 69.4 Å². The zero-order chi connectivity index (χ0) is 84.3. The number of carbonyl (C=O) groups is 10. The van der Waals surface area contributed by atoms with Crippen molar-refractivity contribution >= 4 is 191 Å². The van der Waals surface area contributed by atoms with Crippen LogP contribution < -0.4 is 63.4 Å². The van der Waals surface area contributed by atoms with Crippen molar-refractivity contribution in [2.24, 2.45) is 29.3 Å². The van der Waals surface area contributed by atoms with Gasteiger partial charge >= 0.3 is 11.9 Å². The summed E-state index contributed by atoms with van der Waals surface area (Å²) in [6.45, 7) is 1.96. The number of nitrogen functional groups attached to an aromatic ring is 1. The molecule has 2 aliphatic carbocycles. The molecule has 14 N–H and O–H groups in total. The number of ketones is 4. The van der Waals surface area contributed by atoms with Crippen molar-refractivity contribution < 1.29 is 77.1 Å². The summed E-state index contributed by atoms with van der Waals surface area (Å²) in [5.41, 5.74) is 18.8. The lowest BCUT2D eigenvalue weighted by molar-refractivity contribution is -0.138. The number of hydrogen-bond acceptors (Lipinski definition) is 22. The summed E-state index contributed by atoms with van der Waals surface area (Å²) < 4.78 is 20.2. The van der Waals surface area contributed by atoms with E-state index in [2.05, 4.69) is 79.8 Å². The fourth-order valence-electron chi connectivity index (χ4n) is 12.1. The van der Waals surface area contributed by atoms with Crippen LogP contribution in [0.2, 0.25) is 5.02 Å². The molecule has 0 fully saturated rings. The van der Waals surface area contributed by atoms with Gasteiger partial charge in [0.05, 0.1) is 40.3 Å². The monoisotopic (exact) mass is 1650 g/mol. The summed E-state index contributed by atoms with van der Waals surface area (Å²) in [7, 11) is 24.5. The molecule has 14 rings (SSSR count). The molecule has 2 heterocycles. The van der Waals surface area contributed by atoms with E-state index in [1.165, 1.54) is 6.07 Å². The average molecular weight is 1650 g/mol. The number of rotatable bonds is 22. The maximum Gasteiger partial charge on any atom is 0.323 e. The number of hydrogen-bond donors (Lipinski definition) is 10. The number of nitrogens with zero attached hydrogens (tertiary/aromatic N) is 2. The summed E-state index contributed by atoms with van der Waals surface area (Å²) in [5.74, 6) is 5.23. The van der Waals surface area contributed by atoms with E-state index in [4.69, 9.17) is 52.2 Å². The fourth-order valence-corrected chi connectivity index (χ4v) is 12.8. The molecule has 26 nitrogen and oxygen atoms in total. The number of aliphatic carboxylic acids is 2. The van der Waals surface area contributed by atoms with Crippen molar-refractivity contribution in [3.05, 3.63) is 256 Å². The summed E-state index contributed by atoms with van der Waals surface area (Å²) in [4.78, 5) is 121. The van der Waals surface area contributed by atoms with Gasteiger partial charge in [-0.05, 0) is 146 Å². The van der Waals surface area contributed by atoms with Gasteiger partial charge < -0.3 is 61.9 Å². The molecule has 117 heavy (non-hydrogen) atoms. The number of carboxylic acids is 2. The Balaban J connectivity index is 0.000000301. The highest BCUT2D eigenvalue weighted by atomic mass is 79.9. The van der Waals surface area contributed by atoms with Crippen molar-refractivity contribution in [1.29, 1.82) is 0 Å². The molecule has 0 bridgehead atoms. The van der Waals surface area contributed by atoms with Gasteiger partial charge in [0.15, 0.2) is 23.1 Å². The predicted molar refractivity (Wildman–Crippen MR) is 467 cm³/mol. The highest BCUT2D eigenvalue weighted by Gasteiger charge is 2.40. The van der Waals surface area contributed by atoms with E-state index in [1.807, 2.05) is 91.0 Å². The summed E-state index contributed by atoms with van der Waals surface area (Å²) in [5, 5.41) is 34.4. The van der Waals surface area contributed by atoms with E-state index < -0.39 is 60.5 Å². The van der Waals surface area contributed by atoms with Gasteiger partial charge in [-0.1, -0.05) is 100 Å². The molecule has 0 atom stereocenters. The van der Waals surface area contributed by atoms with E-state index in [1.54, 1.807) is 138 Å². The highest BCUT2D eigenvalue weighted by molar-refractivity contribution is 9.09. The number of nitrogens with two attached hydrogens (primary N) is 4. The number of methoxy groups -OCH3 is 4. The number of Topliss-reactive ketones (excluding diaryl/α,β-unsaturated/α-hetero) is 4. The number of amides is 4. The third kappa shape index (κ3) is 26.0. The lowest BCUT2D eigenvalue weighted by atomic mass is 9.40. The lowest BCUT2D eigenvalue weighted by Gasteiger charge is -2.26. The minimum atomic E-state index is -1.24. The van der Waals surface area contributed by atoms with E-state index >= 15 is 0 Å². The maximum atomic E-state index is 12.7. The highest BCUT2D eigenvalue weighted by Crippen LogP contribution is 2.37. The molecule has 35 heteroatoms. The van der Waals surface area contributed by atoms with Crippen molar-refractivity contribution in [3.63, 3.8) is 0 Å². The van der Waals surface area contributed by atoms with Gasteiger partial charge in [0, 0.05) is 192 Å². The van der Waals surface area contributed by atoms with Crippen molar-refractivity contribution in [1.82, 2.24) is 9.80 Å². The SMILES string of the molecule is COc1ccc(N)cc1.COc1ccc(NCCC2C(=O)c3ccccc3C2=O)cc1.COc1ccc(NCCN)cc1.COc1ccc(NCCNc2ccc3c4c(cccc24)C(=O)N(CC(=O)O)C3=O)cc1.NN.O=C(O)CN1C(=O)c2cccc3c(Cl)ccc(c23)C1=O.O=C1c2ccccc2C(=O)C1CCBr.[B].[B].[B][B].[B][B][B]. The first-order valence-corrected chi connectivity index (χ1v) is 36.8. The fraction of sp³-hybridized carbons (Fsp3) is 0.195. The normalized spacial score (nSPS) is 12.2. The topological polar surface area (TPSA) is 407 Å². The van der Waals surface area contributed by atoms with Crippen LogP contribution in [0.1, 0.15) is 95.7 Å². The Hall–Kier alpha value is -12.1. The quantitative estimate of drug-likeness (QED) is 0.00441. The second-order valence-electron chi connectivity index (χ2n) is 24.5. The number of ether oxygens (including phenoxy) is 4. The Kier molecular flexibility index (Phi) is 41.3. The molecular weight excluding hydrogens is 1570 g/mol. The Morgan fingerprint density at radius 1 is 0.436 bits per heavy atom. The smallest absolute Gasteiger partial charge is 0.323 e. The molecule has 591 valence electrons. The summed E-state index contributed by atoms with van der Waals surface area (Å²) in [6.07, 6.45) is 1.09. The molecule has 0 saturated carbocycles. The standard InChI is InChI=1S/C23H21N3O5.C18H17NO3.C14H8ClNO4.C11H9BrO2.C9H14N2O.C7H9NO.B3.B2.2B.H4N2/c1-31-15-7-5-14(6-8-15)24-11-12-25-19-10-9-18-21-16(19)3-2-4-17(21)22(29)26(23(18)30)13-20(27)28;1-22-13-8-6-12(7-9-13)19-11-10-16-17(20)14-4-2-3-5-15(14)18(16)21;15-10-5-4-9-12-7(10)2-1-3-8(12)13(19)16(14(9)20)6-11(17)18;12-6-5-9-10(13)7-3-1-2-4-8(7)11(9)14;1-12-9-4-2-8(3-5-9)11-7-6-10;1-9-7-4-2-6(8)3-5-7;1-3-2;1-2;;;1-2/h2-10,24-25H,11-13H2,1H3,(H,27,28);2-9,16,19H,10-11H2,1H3;1-5H,6H2,(H,17,18);1-4,9H,5-6H2;2-5,11H,6-7,10H2,1H3;2-5H,8H2,1H3;;;;;1-2H2. The number of carbonyl (C=O) groups excluding carboxylic acids is 8. The number of hydrazine groups is 1. The van der Waals surface area contributed by atoms with Crippen LogP contribution in [0.25, 0.3) is 21.5 Å². The predicted octanol–water partition coefficient (Wildman–Crippen LogP) is 9.38. The lowest BCUT2D eigenvalue weighted by Crippen LogP contribution is -2.43. The molecule has 0 unspecified atom stereocenters. The summed E-state index contributed by atoms with van der Waals surface area (Å²) in [6, 6.07) is 60.9. The van der Waals surface area contributed by atoms with Gasteiger partial charge in [-0.2, -0.15) is 0 Å². The molecular formula is C82H82B7BrClN10O16. The second-order valence-corrected chi connectivity index (χ2v) is 25.7.